The van der Waals surface area contributed by atoms with Crippen molar-refractivity contribution >= 4 is 58.2 Å². The summed E-state index contributed by atoms with van der Waals surface area (Å²) in [6.45, 7) is 1.87. The molecular formula is C49H40N6O6. The summed E-state index contributed by atoms with van der Waals surface area (Å²) in [6.07, 6.45) is 5.65. The summed E-state index contributed by atoms with van der Waals surface area (Å²) >= 11 is 0. The van der Waals surface area contributed by atoms with Crippen molar-refractivity contribution in [1.82, 2.24) is 10.6 Å². The lowest BCUT2D eigenvalue weighted by Gasteiger charge is -2.29. The molecule has 0 fully saturated rings. The molecule has 0 spiro atoms. The highest BCUT2D eigenvalue weighted by Gasteiger charge is 2.26. The van der Waals surface area contributed by atoms with Gasteiger partial charge >= 0.3 is 0 Å². The molecule has 12 nitrogen and oxygen atoms in total. The van der Waals surface area contributed by atoms with Crippen molar-refractivity contribution in [2.24, 2.45) is 0 Å². The Morgan fingerprint density at radius 3 is 1.03 bits per heavy atom. The number of amides is 6. The van der Waals surface area contributed by atoms with Crippen molar-refractivity contribution in [3.05, 3.63) is 215 Å². The molecule has 6 aromatic rings. The van der Waals surface area contributed by atoms with E-state index >= 15 is 0 Å². The van der Waals surface area contributed by atoms with E-state index in [0.29, 0.717) is 51.6 Å². The van der Waals surface area contributed by atoms with Crippen LogP contribution in [0.2, 0.25) is 0 Å². The van der Waals surface area contributed by atoms with Crippen molar-refractivity contribution < 1.29 is 28.8 Å². The molecule has 6 amide bonds. The average molecular weight is 809 g/mol. The van der Waals surface area contributed by atoms with Crippen LogP contribution in [0.15, 0.2) is 182 Å². The largest absolute Gasteiger partial charge is 0.343 e. The Labute approximate surface area is 351 Å². The summed E-state index contributed by atoms with van der Waals surface area (Å²) in [5.41, 5.74) is 3.22. The van der Waals surface area contributed by atoms with Crippen LogP contribution in [0.3, 0.4) is 0 Å². The second-order valence-corrected chi connectivity index (χ2v) is 14.4. The maximum atomic E-state index is 13.8. The predicted molar refractivity (Wildman–Crippen MR) is 236 cm³/mol. The number of nitrogens with one attached hydrogen (secondary N) is 6. The number of anilines is 4. The summed E-state index contributed by atoms with van der Waals surface area (Å²) < 4.78 is 0. The third kappa shape index (κ3) is 10.8. The lowest BCUT2D eigenvalue weighted by Crippen LogP contribution is -2.45. The third-order valence-corrected chi connectivity index (χ3v) is 9.66. The molecule has 1 aliphatic carbocycles. The van der Waals surface area contributed by atoms with Crippen LogP contribution < -0.4 is 31.9 Å². The van der Waals surface area contributed by atoms with E-state index in [-0.39, 0.29) is 34.4 Å². The average Bonchev–Trinajstić information content (AvgIpc) is 3.29. The lowest BCUT2D eigenvalue weighted by molar-refractivity contribution is 0.0917. The first-order valence-corrected chi connectivity index (χ1v) is 19.3. The van der Waals surface area contributed by atoms with Gasteiger partial charge in [-0.3, -0.25) is 28.8 Å². The molecule has 1 atom stereocenters. The van der Waals surface area contributed by atoms with Crippen LogP contribution >= 0.6 is 0 Å². The minimum atomic E-state index is -0.707. The molecule has 0 bridgehead atoms. The van der Waals surface area contributed by atoms with Crippen molar-refractivity contribution in [3.63, 3.8) is 0 Å². The van der Waals surface area contributed by atoms with Gasteiger partial charge in [-0.05, 0) is 123 Å². The van der Waals surface area contributed by atoms with Crippen LogP contribution in [0.5, 0.6) is 0 Å². The van der Waals surface area contributed by atoms with E-state index in [1.165, 1.54) is 18.2 Å². The van der Waals surface area contributed by atoms with Crippen LogP contribution in [-0.2, 0) is 0 Å². The minimum Gasteiger partial charge on any atom is -0.343 e. The quantitative estimate of drug-likeness (QED) is 0.0724. The Morgan fingerprint density at radius 1 is 0.393 bits per heavy atom. The number of benzene rings is 6. The van der Waals surface area contributed by atoms with E-state index in [1.807, 2.05) is 25.1 Å². The second-order valence-electron chi connectivity index (χ2n) is 14.4. The molecule has 302 valence electrons. The van der Waals surface area contributed by atoms with E-state index in [1.54, 1.807) is 140 Å². The first-order chi connectivity index (χ1) is 29.5. The zero-order chi connectivity index (χ0) is 42.8. The van der Waals surface area contributed by atoms with Gasteiger partial charge in [0.15, 0.2) is 0 Å². The van der Waals surface area contributed by atoms with Crippen LogP contribution in [0.25, 0.3) is 0 Å². The van der Waals surface area contributed by atoms with Gasteiger partial charge in [-0.25, -0.2) is 0 Å². The molecule has 12 heteroatoms. The normalized spacial score (nSPS) is 14.1. The van der Waals surface area contributed by atoms with Crippen LogP contribution in [-0.4, -0.2) is 41.0 Å². The van der Waals surface area contributed by atoms with Gasteiger partial charge in [-0.15, -0.1) is 0 Å². The Bertz CT molecular complexity index is 2540. The van der Waals surface area contributed by atoms with E-state index in [9.17, 15) is 28.8 Å². The fraction of sp³-hybridized carbons (Fsp3) is 0.0612. The maximum absolute atomic E-state index is 13.8. The summed E-state index contributed by atoms with van der Waals surface area (Å²) in [5.74, 6) is -2.56. The molecule has 7 rings (SSSR count). The fourth-order valence-electron chi connectivity index (χ4n) is 6.33. The molecule has 0 saturated heterocycles. The molecular weight excluding hydrogens is 769 g/mol. The maximum Gasteiger partial charge on any atom is 0.255 e. The smallest absolute Gasteiger partial charge is 0.255 e. The number of hydrogen-bond donors (Lipinski definition) is 6. The van der Waals surface area contributed by atoms with Crippen LogP contribution in [0.4, 0.5) is 22.7 Å². The lowest BCUT2D eigenvalue weighted by atomic mass is 9.91. The highest BCUT2D eigenvalue weighted by atomic mass is 16.2. The summed E-state index contributed by atoms with van der Waals surface area (Å²) in [7, 11) is 0. The number of hydrogen-bond acceptors (Lipinski definition) is 6. The standard InChI is InChI=1S/C49H40N6O6/c1-49(55-48(61)34-15-9-4-10-16-34)27-25-42(26-28-49)54-47(60)37-30-35(45(58)52-40-21-17-38(18-22-40)50-43(56)32-11-5-2-6-12-32)29-36(31-37)46(59)53-41-23-19-39(20-24-41)51-44(57)33-13-7-3-8-14-33/h2-27,29-31H,28H2,1H3,(H,50,56)(H,51,57)(H,52,58)(H,53,59)(H,54,60)(H,55,61). The highest BCUT2D eigenvalue weighted by molar-refractivity contribution is 6.12. The molecule has 0 radical (unpaired) electrons. The topological polar surface area (TPSA) is 175 Å². The Hall–Kier alpha value is -8.38. The molecule has 61 heavy (non-hydrogen) atoms. The van der Waals surface area contributed by atoms with Gasteiger partial charge in [0, 0.05) is 61.8 Å². The Balaban J connectivity index is 1.06. The summed E-state index contributed by atoms with van der Waals surface area (Å²) in [6, 6.07) is 43.5. The molecule has 0 aromatic heterocycles. The molecule has 6 N–H and O–H groups in total. The highest BCUT2D eigenvalue weighted by Crippen LogP contribution is 2.23. The van der Waals surface area contributed by atoms with Gasteiger partial charge in [-0.1, -0.05) is 66.7 Å². The molecule has 6 aromatic carbocycles. The van der Waals surface area contributed by atoms with Gasteiger partial charge in [0.25, 0.3) is 35.4 Å². The van der Waals surface area contributed by atoms with Gasteiger partial charge in [-0.2, -0.15) is 0 Å². The van der Waals surface area contributed by atoms with Gasteiger partial charge in [0.2, 0.25) is 0 Å². The van der Waals surface area contributed by atoms with Crippen LogP contribution in [0, 0.1) is 0 Å². The molecule has 0 saturated carbocycles. The monoisotopic (exact) mass is 808 g/mol. The van der Waals surface area contributed by atoms with E-state index in [2.05, 4.69) is 31.9 Å². The third-order valence-electron chi connectivity index (χ3n) is 9.66. The molecule has 0 heterocycles. The first kappa shape index (κ1) is 40.8. The fourth-order valence-corrected chi connectivity index (χ4v) is 6.33. The molecule has 1 unspecified atom stereocenters. The Kier molecular flexibility index (Phi) is 12.4. The number of carbonyl (C=O) groups excluding carboxylic acids is 6. The summed E-state index contributed by atoms with van der Waals surface area (Å²) in [4.78, 5) is 79.3. The number of allylic oxidation sites excluding steroid dienone is 1. The predicted octanol–water partition coefficient (Wildman–Crippen LogP) is 8.46. The zero-order valence-electron chi connectivity index (χ0n) is 32.9. The van der Waals surface area contributed by atoms with Crippen LogP contribution in [0.1, 0.15) is 75.5 Å². The Morgan fingerprint density at radius 2 is 0.705 bits per heavy atom. The second kappa shape index (κ2) is 18.5. The SMILES string of the molecule is CC1(NC(=O)c2ccccc2)C=CC(NC(=O)c2cc(C(=O)Nc3ccc(NC(=O)c4ccccc4)cc3)cc(C(=O)Nc3ccc(NC(=O)c4ccccc4)cc3)c2)=CC1. The first-order valence-electron chi connectivity index (χ1n) is 19.3. The van der Waals surface area contributed by atoms with Gasteiger partial charge in [0.05, 0.1) is 5.54 Å². The minimum absolute atomic E-state index is 0.0302. The van der Waals surface area contributed by atoms with Gasteiger partial charge in [0.1, 0.15) is 0 Å². The van der Waals surface area contributed by atoms with Crippen molar-refractivity contribution in [1.29, 1.82) is 0 Å². The number of carbonyl (C=O) groups is 6. The van der Waals surface area contributed by atoms with Crippen molar-refractivity contribution in [3.8, 4) is 0 Å². The van der Waals surface area contributed by atoms with E-state index in [4.69, 9.17) is 0 Å². The van der Waals surface area contributed by atoms with Crippen molar-refractivity contribution in [2.75, 3.05) is 21.3 Å². The number of rotatable bonds is 12. The zero-order valence-corrected chi connectivity index (χ0v) is 32.9. The molecule has 1 aliphatic rings. The van der Waals surface area contributed by atoms with E-state index < -0.39 is 23.3 Å². The van der Waals surface area contributed by atoms with Gasteiger partial charge < -0.3 is 31.9 Å². The van der Waals surface area contributed by atoms with E-state index in [0.717, 1.165) is 0 Å². The molecule has 0 aliphatic heterocycles. The summed E-state index contributed by atoms with van der Waals surface area (Å²) in [5, 5.41) is 17.1. The van der Waals surface area contributed by atoms with Crippen molar-refractivity contribution in [2.45, 2.75) is 18.9 Å².